The molecule has 2 unspecified atom stereocenters. The molecule has 0 saturated carbocycles. The van der Waals surface area contributed by atoms with E-state index in [1.807, 2.05) is 0 Å². The number of ether oxygens (including phenoxy) is 1. The molecule has 1 heterocycles. The van der Waals surface area contributed by atoms with Crippen molar-refractivity contribution >= 4 is 33.6 Å². The number of nitrogens with one attached hydrogen (secondary N) is 1. The summed E-state index contributed by atoms with van der Waals surface area (Å²) >= 11 is 3.26. The SMILES string of the molecule is COC(=O)C1=CC(Br)C2C(=O)C(=O)NC2=C1. The molecule has 0 aromatic heterocycles. The van der Waals surface area contributed by atoms with Gasteiger partial charge in [0.25, 0.3) is 5.91 Å². The van der Waals surface area contributed by atoms with Crippen molar-refractivity contribution in [3.63, 3.8) is 0 Å². The first-order valence-electron chi connectivity index (χ1n) is 4.55. The molecule has 1 amide bonds. The van der Waals surface area contributed by atoms with Crippen molar-refractivity contribution < 1.29 is 19.1 Å². The summed E-state index contributed by atoms with van der Waals surface area (Å²) in [7, 11) is 1.27. The number of fused-ring (bicyclic) bond motifs is 1. The summed E-state index contributed by atoms with van der Waals surface area (Å²) in [6, 6.07) is 0. The number of alkyl halides is 1. The van der Waals surface area contributed by atoms with Crippen molar-refractivity contribution in [2.45, 2.75) is 4.83 Å². The van der Waals surface area contributed by atoms with Gasteiger partial charge in [-0.05, 0) is 6.08 Å². The Kier molecular flexibility index (Phi) is 2.67. The molecule has 0 spiro atoms. The van der Waals surface area contributed by atoms with Crippen molar-refractivity contribution in [1.82, 2.24) is 5.32 Å². The van der Waals surface area contributed by atoms with E-state index in [0.717, 1.165) is 0 Å². The number of Topliss-reactive ketones (excluding diaryl/α,β-unsaturated/α-hetero) is 1. The molecule has 2 rings (SSSR count). The number of rotatable bonds is 1. The van der Waals surface area contributed by atoms with Gasteiger partial charge in [-0.15, -0.1) is 0 Å². The fourth-order valence-electron chi connectivity index (χ4n) is 1.72. The van der Waals surface area contributed by atoms with Gasteiger partial charge in [-0.3, -0.25) is 9.59 Å². The summed E-state index contributed by atoms with van der Waals surface area (Å²) in [5.74, 6) is -2.18. The third-order valence-electron chi connectivity index (χ3n) is 2.49. The Morgan fingerprint density at radius 1 is 1.50 bits per heavy atom. The van der Waals surface area contributed by atoms with Crippen LogP contribution in [-0.4, -0.2) is 29.6 Å². The van der Waals surface area contributed by atoms with Crippen LogP contribution in [0.15, 0.2) is 23.4 Å². The third kappa shape index (κ3) is 1.59. The predicted molar refractivity (Wildman–Crippen MR) is 57.5 cm³/mol. The average Bonchev–Trinajstić information content (AvgIpc) is 2.54. The van der Waals surface area contributed by atoms with Crippen LogP contribution < -0.4 is 5.32 Å². The number of ketones is 1. The topological polar surface area (TPSA) is 72.5 Å². The highest BCUT2D eigenvalue weighted by molar-refractivity contribution is 9.09. The second-order valence-electron chi connectivity index (χ2n) is 3.45. The number of hydrogen-bond donors (Lipinski definition) is 1. The van der Waals surface area contributed by atoms with Gasteiger partial charge >= 0.3 is 5.97 Å². The zero-order valence-corrected chi connectivity index (χ0v) is 9.91. The molecular formula is C10H8BrNO4. The second kappa shape index (κ2) is 3.86. The normalized spacial score (nSPS) is 27.9. The van der Waals surface area contributed by atoms with Crippen molar-refractivity contribution in [1.29, 1.82) is 0 Å². The first-order chi connectivity index (χ1) is 7.54. The Balaban J connectivity index is 2.36. The Bertz CT molecular complexity index is 452. The molecule has 0 aromatic rings. The third-order valence-corrected chi connectivity index (χ3v) is 3.28. The molecule has 1 aliphatic heterocycles. The van der Waals surface area contributed by atoms with Crippen molar-refractivity contribution in [2.24, 2.45) is 5.92 Å². The number of carbonyl (C=O) groups excluding carboxylic acids is 3. The largest absolute Gasteiger partial charge is 0.465 e. The van der Waals surface area contributed by atoms with Gasteiger partial charge < -0.3 is 10.1 Å². The number of allylic oxidation sites excluding steroid dienone is 2. The number of amides is 1. The van der Waals surface area contributed by atoms with Gasteiger partial charge in [-0.1, -0.05) is 22.0 Å². The van der Waals surface area contributed by atoms with Crippen LogP contribution in [0.5, 0.6) is 0 Å². The molecule has 2 aliphatic rings. The molecule has 1 N–H and O–H groups in total. The van der Waals surface area contributed by atoms with Gasteiger partial charge in [0.05, 0.1) is 18.6 Å². The predicted octanol–water partition coefficient (Wildman–Crippen LogP) is 0.0619. The van der Waals surface area contributed by atoms with Crippen LogP contribution in [0, 0.1) is 5.92 Å². The molecule has 16 heavy (non-hydrogen) atoms. The Morgan fingerprint density at radius 3 is 2.81 bits per heavy atom. The first-order valence-corrected chi connectivity index (χ1v) is 5.47. The summed E-state index contributed by atoms with van der Waals surface area (Å²) in [5, 5.41) is 2.44. The summed E-state index contributed by atoms with van der Waals surface area (Å²) in [4.78, 5) is 33.6. The van der Waals surface area contributed by atoms with Gasteiger partial charge in [0, 0.05) is 10.5 Å². The van der Waals surface area contributed by atoms with Crippen molar-refractivity contribution in [2.75, 3.05) is 7.11 Å². The van der Waals surface area contributed by atoms with E-state index in [2.05, 4.69) is 26.0 Å². The zero-order valence-electron chi connectivity index (χ0n) is 8.32. The highest BCUT2D eigenvalue weighted by Crippen LogP contribution is 2.32. The van der Waals surface area contributed by atoms with E-state index < -0.39 is 23.6 Å². The minimum atomic E-state index is -0.639. The average molecular weight is 286 g/mol. The van der Waals surface area contributed by atoms with E-state index >= 15 is 0 Å². The molecule has 0 aromatic carbocycles. The summed E-state index contributed by atoms with van der Waals surface area (Å²) in [5.41, 5.74) is 0.769. The molecule has 2 atom stereocenters. The Labute approximate surface area is 99.6 Å². The van der Waals surface area contributed by atoms with E-state index in [1.165, 1.54) is 13.2 Å². The number of esters is 1. The van der Waals surface area contributed by atoms with Crippen LogP contribution in [0.3, 0.4) is 0 Å². The number of hydrogen-bond acceptors (Lipinski definition) is 4. The van der Waals surface area contributed by atoms with E-state index in [0.29, 0.717) is 11.3 Å². The lowest BCUT2D eigenvalue weighted by Gasteiger charge is -2.18. The monoisotopic (exact) mass is 285 g/mol. The van der Waals surface area contributed by atoms with Crippen LogP contribution in [0.4, 0.5) is 0 Å². The standard InChI is InChI=1S/C10H8BrNO4/c1-16-10(15)4-2-5(11)7-6(3-4)12-9(14)8(7)13/h2-3,5,7H,1H3,(H,12,14). The highest BCUT2D eigenvalue weighted by atomic mass is 79.9. The highest BCUT2D eigenvalue weighted by Gasteiger charge is 2.42. The minimum Gasteiger partial charge on any atom is -0.465 e. The summed E-state index contributed by atoms with van der Waals surface area (Å²) in [6.07, 6.45) is 3.04. The molecule has 1 fully saturated rings. The van der Waals surface area contributed by atoms with Gasteiger partial charge in [-0.25, -0.2) is 4.79 Å². The molecular weight excluding hydrogens is 278 g/mol. The van der Waals surface area contributed by atoms with Crippen LogP contribution >= 0.6 is 15.9 Å². The zero-order chi connectivity index (χ0) is 11.9. The summed E-state index contributed by atoms with van der Waals surface area (Å²) in [6.45, 7) is 0. The molecule has 6 heteroatoms. The van der Waals surface area contributed by atoms with Gasteiger partial charge in [0.1, 0.15) is 0 Å². The maximum Gasteiger partial charge on any atom is 0.337 e. The van der Waals surface area contributed by atoms with Crippen LogP contribution in [0.25, 0.3) is 0 Å². The van der Waals surface area contributed by atoms with Gasteiger partial charge in [0.15, 0.2) is 0 Å². The summed E-state index contributed by atoms with van der Waals surface area (Å²) < 4.78 is 4.57. The molecule has 0 bridgehead atoms. The lowest BCUT2D eigenvalue weighted by Crippen LogP contribution is -2.25. The molecule has 1 aliphatic carbocycles. The maximum absolute atomic E-state index is 11.5. The Morgan fingerprint density at radius 2 is 2.19 bits per heavy atom. The maximum atomic E-state index is 11.5. The number of methoxy groups -OCH3 is 1. The second-order valence-corrected chi connectivity index (χ2v) is 4.51. The molecule has 1 saturated heterocycles. The van der Waals surface area contributed by atoms with Crippen LogP contribution in [0.1, 0.15) is 0 Å². The van der Waals surface area contributed by atoms with E-state index in [9.17, 15) is 14.4 Å². The minimum absolute atomic E-state index is 0.325. The Hall–Kier alpha value is -1.43. The van der Waals surface area contributed by atoms with Crippen molar-refractivity contribution in [3.05, 3.63) is 23.4 Å². The molecule has 0 radical (unpaired) electrons. The van der Waals surface area contributed by atoms with E-state index in [1.54, 1.807) is 6.08 Å². The smallest absolute Gasteiger partial charge is 0.337 e. The van der Waals surface area contributed by atoms with E-state index in [4.69, 9.17) is 0 Å². The van der Waals surface area contributed by atoms with E-state index in [-0.39, 0.29) is 4.83 Å². The molecule has 84 valence electrons. The quantitative estimate of drug-likeness (QED) is 0.420. The lowest BCUT2D eigenvalue weighted by molar-refractivity contribution is -0.136. The van der Waals surface area contributed by atoms with Crippen molar-refractivity contribution in [3.8, 4) is 0 Å². The van der Waals surface area contributed by atoms with Crippen LogP contribution in [0.2, 0.25) is 0 Å². The fraction of sp³-hybridized carbons (Fsp3) is 0.300. The van der Waals surface area contributed by atoms with Gasteiger partial charge in [0.2, 0.25) is 5.78 Å². The van der Waals surface area contributed by atoms with Gasteiger partial charge in [-0.2, -0.15) is 0 Å². The van der Waals surface area contributed by atoms with Crippen LogP contribution in [-0.2, 0) is 19.1 Å². The molecule has 5 nitrogen and oxygen atoms in total. The lowest BCUT2D eigenvalue weighted by atomic mass is 9.92. The number of halogens is 1. The first kappa shape index (κ1) is 11.1. The fourth-order valence-corrected chi connectivity index (χ4v) is 2.53. The number of carbonyl (C=O) groups is 3.